The minimum absolute atomic E-state index is 0.357. The van der Waals surface area contributed by atoms with Gasteiger partial charge in [0.25, 0.3) is 0 Å². The molecular weight excluding hydrogens is 319 g/mol. The predicted octanol–water partition coefficient (Wildman–Crippen LogP) is 5.76. The van der Waals surface area contributed by atoms with E-state index in [1.807, 2.05) is 36.1 Å². The maximum Gasteiger partial charge on any atom is 0.106 e. The van der Waals surface area contributed by atoms with Crippen LogP contribution < -0.4 is 4.90 Å². The molecule has 2 rings (SSSR count). The Hall–Kier alpha value is -2.09. The summed E-state index contributed by atoms with van der Waals surface area (Å²) >= 11 is 11.9. The van der Waals surface area contributed by atoms with E-state index < -0.39 is 0 Å². The molecule has 0 heterocycles. The van der Waals surface area contributed by atoms with E-state index in [0.29, 0.717) is 28.0 Å². The lowest BCUT2D eigenvalue weighted by Gasteiger charge is -2.19. The Morgan fingerprint density at radius 3 is 2.45 bits per heavy atom. The topological polar surface area (TPSA) is 51.8 Å². The third-order valence-electron chi connectivity index (χ3n) is 3.04. The monoisotopic (exact) mass is 332 g/mol. The van der Waals surface area contributed by atoms with E-state index in [4.69, 9.17) is 28.5 Å². The van der Waals surface area contributed by atoms with Crippen LogP contribution in [0.3, 0.4) is 0 Å². The Bertz CT molecular complexity index is 705. The SMILES string of the molecule is CCN(CC#N)c1ccc(N=Nc2cc(Cl)ccc2Cl)cc1. The molecule has 0 fully saturated rings. The summed E-state index contributed by atoms with van der Waals surface area (Å²) in [4.78, 5) is 1.97. The number of rotatable bonds is 5. The minimum atomic E-state index is 0.357. The molecule has 0 aromatic heterocycles. The van der Waals surface area contributed by atoms with Gasteiger partial charge in [0.2, 0.25) is 0 Å². The van der Waals surface area contributed by atoms with Crippen molar-refractivity contribution in [2.24, 2.45) is 10.2 Å². The second kappa shape index (κ2) is 7.79. The molecule has 0 unspecified atom stereocenters. The normalized spacial score (nSPS) is 10.6. The van der Waals surface area contributed by atoms with E-state index >= 15 is 0 Å². The lowest BCUT2D eigenvalue weighted by atomic mass is 10.2. The fourth-order valence-corrected chi connectivity index (χ4v) is 2.20. The van der Waals surface area contributed by atoms with Crippen LogP contribution >= 0.6 is 23.2 Å². The molecule has 0 aliphatic carbocycles. The summed E-state index contributed by atoms with van der Waals surface area (Å²) in [6, 6.07) is 14.7. The van der Waals surface area contributed by atoms with Gasteiger partial charge in [-0.25, -0.2) is 0 Å². The Labute approximate surface area is 139 Å². The molecule has 112 valence electrons. The van der Waals surface area contributed by atoms with Crippen LogP contribution in [0.4, 0.5) is 17.1 Å². The van der Waals surface area contributed by atoms with Crippen LogP contribution in [-0.4, -0.2) is 13.1 Å². The van der Waals surface area contributed by atoms with Gasteiger partial charge in [-0.3, -0.25) is 0 Å². The molecule has 4 nitrogen and oxygen atoms in total. The van der Waals surface area contributed by atoms with Crippen molar-refractivity contribution in [3.05, 3.63) is 52.5 Å². The largest absolute Gasteiger partial charge is 0.358 e. The van der Waals surface area contributed by atoms with E-state index in [0.717, 1.165) is 12.2 Å². The highest BCUT2D eigenvalue weighted by Crippen LogP contribution is 2.30. The smallest absolute Gasteiger partial charge is 0.106 e. The maximum atomic E-state index is 8.79. The van der Waals surface area contributed by atoms with Crippen molar-refractivity contribution in [1.29, 1.82) is 5.26 Å². The molecule has 0 aliphatic heterocycles. The van der Waals surface area contributed by atoms with Crippen LogP contribution in [0.15, 0.2) is 52.7 Å². The second-order valence-electron chi connectivity index (χ2n) is 4.48. The number of hydrogen-bond acceptors (Lipinski definition) is 4. The van der Waals surface area contributed by atoms with Crippen molar-refractivity contribution < 1.29 is 0 Å². The summed E-state index contributed by atoms with van der Waals surface area (Å²) in [6.07, 6.45) is 0. The lowest BCUT2D eigenvalue weighted by Crippen LogP contribution is -2.22. The molecule has 0 radical (unpaired) electrons. The van der Waals surface area contributed by atoms with Crippen LogP contribution in [0.25, 0.3) is 0 Å². The van der Waals surface area contributed by atoms with E-state index in [1.54, 1.807) is 18.2 Å². The van der Waals surface area contributed by atoms with Crippen molar-refractivity contribution in [2.75, 3.05) is 18.0 Å². The average Bonchev–Trinajstić information content (AvgIpc) is 2.54. The van der Waals surface area contributed by atoms with Gasteiger partial charge in [-0.15, -0.1) is 5.11 Å². The number of nitriles is 1. The number of hydrogen-bond donors (Lipinski definition) is 0. The average molecular weight is 333 g/mol. The van der Waals surface area contributed by atoms with Gasteiger partial charge in [-0.2, -0.15) is 10.4 Å². The maximum absolute atomic E-state index is 8.79. The van der Waals surface area contributed by atoms with Gasteiger partial charge in [-0.1, -0.05) is 23.2 Å². The predicted molar refractivity (Wildman–Crippen MR) is 90.6 cm³/mol. The molecule has 2 aromatic carbocycles. The molecule has 6 heteroatoms. The van der Waals surface area contributed by atoms with Crippen molar-refractivity contribution in [2.45, 2.75) is 6.92 Å². The van der Waals surface area contributed by atoms with Crippen LogP contribution in [0.1, 0.15) is 6.92 Å². The van der Waals surface area contributed by atoms with Gasteiger partial charge >= 0.3 is 0 Å². The van der Waals surface area contributed by atoms with Gasteiger partial charge in [0.1, 0.15) is 12.2 Å². The number of azo groups is 1. The van der Waals surface area contributed by atoms with Crippen molar-refractivity contribution in [3.63, 3.8) is 0 Å². The van der Waals surface area contributed by atoms with E-state index in [2.05, 4.69) is 16.3 Å². The van der Waals surface area contributed by atoms with Crippen molar-refractivity contribution >= 4 is 40.3 Å². The van der Waals surface area contributed by atoms with E-state index in [9.17, 15) is 0 Å². The summed E-state index contributed by atoms with van der Waals surface area (Å²) in [5.74, 6) is 0. The zero-order valence-corrected chi connectivity index (χ0v) is 13.5. The third-order valence-corrected chi connectivity index (χ3v) is 3.59. The van der Waals surface area contributed by atoms with Gasteiger partial charge < -0.3 is 4.90 Å². The first-order valence-corrected chi connectivity index (χ1v) is 7.48. The van der Waals surface area contributed by atoms with Crippen molar-refractivity contribution in [3.8, 4) is 6.07 Å². The van der Waals surface area contributed by atoms with Crippen LogP contribution in [-0.2, 0) is 0 Å². The summed E-state index contributed by atoms with van der Waals surface area (Å²) in [6.45, 7) is 3.13. The molecule has 0 aliphatic rings. The number of halogens is 2. The van der Waals surface area contributed by atoms with Gasteiger partial charge in [0, 0.05) is 17.3 Å². The summed E-state index contributed by atoms with van der Waals surface area (Å²) in [5, 5.41) is 18.1. The lowest BCUT2D eigenvalue weighted by molar-refractivity contribution is 0.911. The molecule has 0 amide bonds. The van der Waals surface area contributed by atoms with Crippen LogP contribution in [0, 0.1) is 11.3 Å². The standard InChI is InChI=1S/C16H14Cl2N4/c1-2-22(10-9-19)14-6-4-13(5-7-14)20-21-16-11-12(17)3-8-15(16)18/h3-8,11H,2,10H2,1H3. The Kier molecular flexibility index (Phi) is 5.76. The van der Waals surface area contributed by atoms with Crippen molar-refractivity contribution in [1.82, 2.24) is 0 Å². The van der Waals surface area contributed by atoms with E-state index in [-0.39, 0.29) is 0 Å². The quantitative estimate of drug-likeness (QED) is 0.516. The first-order valence-electron chi connectivity index (χ1n) is 6.72. The summed E-state index contributed by atoms with van der Waals surface area (Å²) in [5.41, 5.74) is 2.20. The summed E-state index contributed by atoms with van der Waals surface area (Å²) < 4.78 is 0. The van der Waals surface area contributed by atoms with Gasteiger partial charge in [0.05, 0.1) is 16.8 Å². The highest BCUT2D eigenvalue weighted by atomic mass is 35.5. The molecule has 22 heavy (non-hydrogen) atoms. The highest BCUT2D eigenvalue weighted by molar-refractivity contribution is 6.35. The number of nitrogens with zero attached hydrogens (tertiary/aromatic N) is 4. The molecular formula is C16H14Cl2N4. The molecule has 0 N–H and O–H groups in total. The highest BCUT2D eigenvalue weighted by Gasteiger charge is 2.03. The third kappa shape index (κ3) is 4.20. The van der Waals surface area contributed by atoms with E-state index in [1.165, 1.54) is 0 Å². The molecule has 0 bridgehead atoms. The molecule has 0 atom stereocenters. The summed E-state index contributed by atoms with van der Waals surface area (Å²) in [7, 11) is 0. The first kappa shape index (κ1) is 16.3. The fraction of sp³-hybridized carbons (Fsp3) is 0.188. The first-order chi connectivity index (χ1) is 10.6. The Morgan fingerprint density at radius 1 is 1.09 bits per heavy atom. The minimum Gasteiger partial charge on any atom is -0.358 e. The zero-order valence-electron chi connectivity index (χ0n) is 12.0. The molecule has 2 aromatic rings. The van der Waals surface area contributed by atoms with Gasteiger partial charge in [0.15, 0.2) is 0 Å². The van der Waals surface area contributed by atoms with Crippen LogP contribution in [0.2, 0.25) is 10.0 Å². The zero-order chi connectivity index (χ0) is 15.9. The fourth-order valence-electron chi connectivity index (χ4n) is 1.88. The Morgan fingerprint density at radius 2 is 1.82 bits per heavy atom. The Balaban J connectivity index is 2.16. The van der Waals surface area contributed by atoms with Crippen LogP contribution in [0.5, 0.6) is 0 Å². The second-order valence-corrected chi connectivity index (χ2v) is 5.33. The molecule has 0 saturated carbocycles. The number of benzene rings is 2. The van der Waals surface area contributed by atoms with Gasteiger partial charge in [-0.05, 0) is 49.4 Å². The molecule has 0 saturated heterocycles. The molecule has 0 spiro atoms. The number of anilines is 1.